The minimum atomic E-state index is 0.355. The van der Waals surface area contributed by atoms with Gasteiger partial charge in [-0.05, 0) is 37.4 Å². The highest BCUT2D eigenvalue weighted by Crippen LogP contribution is 2.24. The van der Waals surface area contributed by atoms with E-state index in [-0.39, 0.29) is 0 Å². The first-order valence-corrected chi connectivity index (χ1v) is 6.93. The first-order chi connectivity index (χ1) is 8.72. The van der Waals surface area contributed by atoms with Crippen LogP contribution >= 0.6 is 11.3 Å². The number of hydrogen-bond acceptors (Lipinski definition) is 3. The van der Waals surface area contributed by atoms with Crippen LogP contribution in [0, 0.1) is 0 Å². The van der Waals surface area contributed by atoms with Crippen molar-refractivity contribution in [3.8, 4) is 0 Å². The molecule has 0 saturated heterocycles. The Labute approximate surface area is 112 Å². The highest BCUT2D eigenvalue weighted by Gasteiger charge is 2.14. The number of carbonyl (C=O) groups excluding carboxylic acids is 1. The van der Waals surface area contributed by atoms with Crippen LogP contribution in [0.5, 0.6) is 0 Å². The van der Waals surface area contributed by atoms with E-state index in [9.17, 15) is 4.79 Å². The number of thiophene rings is 1. The predicted molar refractivity (Wildman–Crippen MR) is 77.5 cm³/mol. The zero-order valence-corrected chi connectivity index (χ0v) is 11.5. The molecule has 0 fully saturated rings. The van der Waals surface area contributed by atoms with Crippen molar-refractivity contribution in [2.75, 3.05) is 4.90 Å². The molecule has 0 saturated carbocycles. The number of hydrogen-bond donors (Lipinski definition) is 0. The molecule has 2 rings (SSSR count). The number of para-hydroxylation sites is 1. The van der Waals surface area contributed by atoms with Gasteiger partial charge in [-0.1, -0.05) is 18.2 Å². The largest absolute Gasteiger partial charge is 0.363 e. The van der Waals surface area contributed by atoms with Crippen molar-refractivity contribution in [2.24, 2.45) is 0 Å². The van der Waals surface area contributed by atoms with E-state index in [0.29, 0.717) is 6.04 Å². The SMILES string of the molecule is CC(C)N(Cc1cccs1)c1ccccc1C=O. The average Bonchev–Trinajstić information content (AvgIpc) is 2.88. The molecule has 0 aliphatic heterocycles. The molecule has 0 atom stereocenters. The topological polar surface area (TPSA) is 20.3 Å². The van der Waals surface area contributed by atoms with Crippen LogP contribution in [0.25, 0.3) is 0 Å². The van der Waals surface area contributed by atoms with Crippen molar-refractivity contribution in [1.29, 1.82) is 0 Å². The first kappa shape index (κ1) is 12.8. The average molecular weight is 259 g/mol. The van der Waals surface area contributed by atoms with E-state index in [4.69, 9.17) is 0 Å². The molecule has 1 heterocycles. The van der Waals surface area contributed by atoms with Gasteiger partial charge in [-0.3, -0.25) is 4.79 Å². The van der Waals surface area contributed by atoms with Gasteiger partial charge in [0.25, 0.3) is 0 Å². The van der Waals surface area contributed by atoms with E-state index in [1.54, 1.807) is 11.3 Å². The van der Waals surface area contributed by atoms with E-state index in [2.05, 4.69) is 36.3 Å². The van der Waals surface area contributed by atoms with Gasteiger partial charge in [0.05, 0.1) is 6.54 Å². The Hall–Kier alpha value is -1.61. The van der Waals surface area contributed by atoms with Crippen molar-refractivity contribution in [3.63, 3.8) is 0 Å². The molecule has 0 aliphatic carbocycles. The summed E-state index contributed by atoms with van der Waals surface area (Å²) in [5.74, 6) is 0. The highest BCUT2D eigenvalue weighted by atomic mass is 32.1. The van der Waals surface area contributed by atoms with Gasteiger partial charge in [0.2, 0.25) is 0 Å². The third kappa shape index (κ3) is 2.79. The maximum absolute atomic E-state index is 11.1. The Morgan fingerprint density at radius 1 is 1.22 bits per heavy atom. The smallest absolute Gasteiger partial charge is 0.152 e. The molecule has 0 spiro atoms. The number of carbonyl (C=O) groups is 1. The van der Waals surface area contributed by atoms with Crippen molar-refractivity contribution in [1.82, 2.24) is 0 Å². The molecule has 0 bridgehead atoms. The van der Waals surface area contributed by atoms with Gasteiger partial charge in [0, 0.05) is 22.2 Å². The summed E-state index contributed by atoms with van der Waals surface area (Å²) in [5, 5.41) is 2.08. The molecule has 1 aromatic heterocycles. The second-order valence-corrected chi connectivity index (χ2v) is 5.51. The Morgan fingerprint density at radius 2 is 2.00 bits per heavy atom. The molecule has 0 amide bonds. The summed E-state index contributed by atoms with van der Waals surface area (Å²) in [4.78, 5) is 14.7. The van der Waals surface area contributed by atoms with Gasteiger partial charge >= 0.3 is 0 Å². The Kier molecular flexibility index (Phi) is 4.15. The van der Waals surface area contributed by atoms with Crippen molar-refractivity contribution in [3.05, 3.63) is 52.2 Å². The van der Waals surface area contributed by atoms with Gasteiger partial charge in [0.1, 0.15) is 0 Å². The van der Waals surface area contributed by atoms with Crippen LogP contribution in [-0.2, 0) is 6.54 Å². The summed E-state index contributed by atoms with van der Waals surface area (Å²) in [6, 6.07) is 12.3. The second-order valence-electron chi connectivity index (χ2n) is 4.48. The Bertz CT molecular complexity index is 505. The minimum Gasteiger partial charge on any atom is -0.363 e. The lowest BCUT2D eigenvalue weighted by molar-refractivity contribution is 0.112. The predicted octanol–water partition coefficient (Wildman–Crippen LogP) is 3.98. The summed E-state index contributed by atoms with van der Waals surface area (Å²) < 4.78 is 0. The van der Waals surface area contributed by atoms with E-state index in [1.165, 1.54) is 4.88 Å². The van der Waals surface area contributed by atoms with Crippen molar-refractivity contribution in [2.45, 2.75) is 26.4 Å². The van der Waals surface area contributed by atoms with Gasteiger partial charge in [-0.25, -0.2) is 0 Å². The monoisotopic (exact) mass is 259 g/mol. The number of aldehydes is 1. The van der Waals surface area contributed by atoms with Crippen molar-refractivity contribution < 1.29 is 4.79 Å². The maximum Gasteiger partial charge on any atom is 0.152 e. The van der Waals surface area contributed by atoms with E-state index in [0.717, 1.165) is 24.1 Å². The van der Waals surface area contributed by atoms with Crippen LogP contribution < -0.4 is 4.90 Å². The molecule has 0 radical (unpaired) electrons. The number of nitrogens with zero attached hydrogens (tertiary/aromatic N) is 1. The molecule has 18 heavy (non-hydrogen) atoms. The van der Waals surface area contributed by atoms with Crippen LogP contribution in [-0.4, -0.2) is 12.3 Å². The molecule has 1 aromatic carbocycles. The van der Waals surface area contributed by atoms with Crippen LogP contribution in [0.2, 0.25) is 0 Å². The first-order valence-electron chi connectivity index (χ1n) is 6.05. The van der Waals surface area contributed by atoms with Crippen LogP contribution in [0.4, 0.5) is 5.69 Å². The minimum absolute atomic E-state index is 0.355. The Balaban J connectivity index is 2.32. The quantitative estimate of drug-likeness (QED) is 0.757. The summed E-state index contributed by atoms with van der Waals surface area (Å²) in [6.07, 6.45) is 0.930. The normalized spacial score (nSPS) is 10.6. The molecule has 0 aliphatic rings. The van der Waals surface area contributed by atoms with Gasteiger partial charge in [-0.15, -0.1) is 11.3 Å². The van der Waals surface area contributed by atoms with Crippen molar-refractivity contribution >= 4 is 23.3 Å². The summed E-state index contributed by atoms with van der Waals surface area (Å²) in [6.45, 7) is 5.14. The third-order valence-electron chi connectivity index (χ3n) is 2.90. The fraction of sp³-hybridized carbons (Fsp3) is 0.267. The number of rotatable bonds is 5. The second kappa shape index (κ2) is 5.83. The number of benzene rings is 1. The van der Waals surface area contributed by atoms with E-state index < -0.39 is 0 Å². The van der Waals surface area contributed by atoms with Crippen LogP contribution in [0.3, 0.4) is 0 Å². The fourth-order valence-corrected chi connectivity index (χ4v) is 2.67. The summed E-state index contributed by atoms with van der Waals surface area (Å²) >= 11 is 1.75. The molecule has 2 aromatic rings. The number of anilines is 1. The van der Waals surface area contributed by atoms with Crippen LogP contribution in [0.15, 0.2) is 41.8 Å². The zero-order valence-electron chi connectivity index (χ0n) is 10.7. The molecule has 2 nitrogen and oxygen atoms in total. The van der Waals surface area contributed by atoms with E-state index in [1.807, 2.05) is 24.3 Å². The fourth-order valence-electron chi connectivity index (χ4n) is 1.97. The standard InChI is InChI=1S/C15H17NOS/c1-12(2)16(10-14-7-5-9-18-14)15-8-4-3-6-13(15)11-17/h3-9,11-12H,10H2,1-2H3. The molecule has 3 heteroatoms. The Morgan fingerprint density at radius 3 is 2.61 bits per heavy atom. The molecular formula is C15H17NOS. The maximum atomic E-state index is 11.1. The van der Waals surface area contributed by atoms with Gasteiger partial charge in [0.15, 0.2) is 6.29 Å². The lowest BCUT2D eigenvalue weighted by Crippen LogP contribution is -2.30. The lowest BCUT2D eigenvalue weighted by Gasteiger charge is -2.29. The molecular weight excluding hydrogens is 242 g/mol. The summed E-state index contributed by atoms with van der Waals surface area (Å²) in [5.41, 5.74) is 1.76. The zero-order chi connectivity index (χ0) is 13.0. The molecule has 94 valence electrons. The molecule has 0 N–H and O–H groups in total. The van der Waals surface area contributed by atoms with E-state index >= 15 is 0 Å². The van der Waals surface area contributed by atoms with Crippen LogP contribution in [0.1, 0.15) is 29.1 Å². The lowest BCUT2D eigenvalue weighted by atomic mass is 10.1. The molecule has 0 unspecified atom stereocenters. The van der Waals surface area contributed by atoms with Gasteiger partial charge < -0.3 is 4.90 Å². The van der Waals surface area contributed by atoms with Gasteiger partial charge in [-0.2, -0.15) is 0 Å². The highest BCUT2D eigenvalue weighted by molar-refractivity contribution is 7.09. The third-order valence-corrected chi connectivity index (χ3v) is 3.76. The summed E-state index contributed by atoms with van der Waals surface area (Å²) in [7, 11) is 0.